The number of nitrogens with zero attached hydrogens (tertiary/aromatic N) is 7. The molecule has 13 heteroatoms. The molecule has 1 atom stereocenters. The van der Waals surface area contributed by atoms with Gasteiger partial charge in [0.05, 0.1) is 13.2 Å². The van der Waals surface area contributed by atoms with E-state index >= 15 is 0 Å². The van der Waals surface area contributed by atoms with Crippen LogP contribution in [0.2, 0.25) is 0 Å². The van der Waals surface area contributed by atoms with E-state index in [0.717, 1.165) is 43.5 Å². The fourth-order valence-corrected chi connectivity index (χ4v) is 4.13. The average molecular weight is 512 g/mol. The first kappa shape index (κ1) is 25.5. The van der Waals surface area contributed by atoms with Crippen molar-refractivity contribution in [1.82, 2.24) is 29.8 Å². The van der Waals surface area contributed by atoms with Crippen molar-refractivity contribution in [3.63, 3.8) is 0 Å². The van der Waals surface area contributed by atoms with Gasteiger partial charge >= 0.3 is 0 Å². The van der Waals surface area contributed by atoms with Crippen LogP contribution < -0.4 is 25.4 Å². The van der Waals surface area contributed by atoms with Gasteiger partial charge in [-0.3, -0.25) is 10.1 Å². The SMILES string of the molecule is COc1nc(N2CCN(C)CC2)nc(OCc2ccccc2)c1Sc1ncnc(NC(=O)C(C)N)n1. The van der Waals surface area contributed by atoms with Crippen molar-refractivity contribution in [2.75, 3.05) is 50.6 Å². The molecule has 0 spiro atoms. The third-order valence-corrected chi connectivity index (χ3v) is 6.31. The van der Waals surface area contributed by atoms with Gasteiger partial charge in [0.15, 0.2) is 5.16 Å². The first-order chi connectivity index (χ1) is 17.4. The molecule has 1 amide bonds. The highest BCUT2D eigenvalue weighted by molar-refractivity contribution is 7.99. The van der Waals surface area contributed by atoms with Gasteiger partial charge in [-0.2, -0.15) is 15.0 Å². The van der Waals surface area contributed by atoms with Gasteiger partial charge in [-0.1, -0.05) is 30.3 Å². The minimum atomic E-state index is -0.702. The van der Waals surface area contributed by atoms with Gasteiger partial charge < -0.3 is 25.0 Å². The molecule has 3 aromatic rings. The number of hydrogen-bond acceptors (Lipinski definition) is 12. The fourth-order valence-electron chi connectivity index (χ4n) is 3.30. The molecule has 36 heavy (non-hydrogen) atoms. The molecule has 0 bridgehead atoms. The monoisotopic (exact) mass is 511 g/mol. The summed E-state index contributed by atoms with van der Waals surface area (Å²) < 4.78 is 11.8. The lowest BCUT2D eigenvalue weighted by Gasteiger charge is -2.32. The van der Waals surface area contributed by atoms with E-state index in [1.165, 1.54) is 6.33 Å². The Labute approximate surface area is 213 Å². The number of rotatable bonds is 9. The Morgan fingerprint density at radius 3 is 2.53 bits per heavy atom. The van der Waals surface area contributed by atoms with Crippen molar-refractivity contribution in [3.8, 4) is 11.8 Å². The van der Waals surface area contributed by atoms with Crippen molar-refractivity contribution in [3.05, 3.63) is 42.2 Å². The van der Waals surface area contributed by atoms with E-state index in [4.69, 9.17) is 20.2 Å². The summed E-state index contributed by atoms with van der Waals surface area (Å²) in [6.07, 6.45) is 1.31. The van der Waals surface area contributed by atoms with E-state index in [0.29, 0.717) is 34.4 Å². The Kier molecular flexibility index (Phi) is 8.46. The molecule has 3 heterocycles. The molecule has 12 nitrogen and oxygen atoms in total. The average Bonchev–Trinajstić information content (AvgIpc) is 2.89. The normalized spacial score (nSPS) is 14.8. The third kappa shape index (κ3) is 6.56. The number of nitrogens with two attached hydrogens (primary N) is 1. The number of nitrogens with one attached hydrogen (secondary N) is 1. The van der Waals surface area contributed by atoms with Crippen LogP contribution in [-0.4, -0.2) is 82.1 Å². The molecule has 0 radical (unpaired) electrons. The fraction of sp³-hybridized carbons (Fsp3) is 0.391. The number of carbonyl (C=O) groups excluding carboxylic acids is 1. The molecule has 0 aliphatic carbocycles. The number of ether oxygens (including phenoxy) is 2. The number of aromatic nitrogens is 5. The number of anilines is 2. The van der Waals surface area contributed by atoms with E-state index < -0.39 is 11.9 Å². The number of benzene rings is 1. The molecule has 1 fully saturated rings. The molecule has 1 saturated heterocycles. The van der Waals surface area contributed by atoms with Crippen LogP contribution in [0.3, 0.4) is 0 Å². The lowest BCUT2D eigenvalue weighted by Crippen LogP contribution is -2.45. The highest BCUT2D eigenvalue weighted by Crippen LogP contribution is 2.40. The van der Waals surface area contributed by atoms with Crippen LogP contribution in [0.4, 0.5) is 11.9 Å². The van der Waals surface area contributed by atoms with Crippen LogP contribution in [0.1, 0.15) is 12.5 Å². The molecule has 0 saturated carbocycles. The number of methoxy groups -OCH3 is 1. The van der Waals surface area contributed by atoms with Crippen LogP contribution in [-0.2, 0) is 11.4 Å². The summed E-state index contributed by atoms with van der Waals surface area (Å²) in [5.74, 6) is 0.921. The number of piperazine rings is 1. The van der Waals surface area contributed by atoms with Gasteiger partial charge in [0, 0.05) is 26.2 Å². The summed E-state index contributed by atoms with van der Waals surface area (Å²) in [5, 5.41) is 2.88. The molecular weight excluding hydrogens is 482 g/mol. The first-order valence-electron chi connectivity index (χ1n) is 11.4. The summed E-state index contributed by atoms with van der Waals surface area (Å²) in [7, 11) is 3.63. The standard InChI is InChI=1S/C23H29N9O3S/c1-15(24)18(33)27-21-25-14-26-23(30-21)36-17-19(34-3)28-22(32-11-9-31(2)10-12-32)29-20(17)35-13-16-7-5-4-6-8-16/h4-8,14-15H,9-13,24H2,1-3H3,(H,25,26,27,30,33). The lowest BCUT2D eigenvalue weighted by molar-refractivity contribution is -0.117. The largest absolute Gasteiger partial charge is 0.480 e. The van der Waals surface area contributed by atoms with E-state index in [2.05, 4.69) is 42.1 Å². The van der Waals surface area contributed by atoms with Crippen LogP contribution >= 0.6 is 11.8 Å². The zero-order valence-corrected chi connectivity index (χ0v) is 21.2. The second-order valence-corrected chi connectivity index (χ2v) is 9.18. The van der Waals surface area contributed by atoms with E-state index in [-0.39, 0.29) is 5.95 Å². The zero-order chi connectivity index (χ0) is 25.5. The summed E-state index contributed by atoms with van der Waals surface area (Å²) in [6.45, 7) is 5.28. The highest BCUT2D eigenvalue weighted by Gasteiger charge is 2.24. The predicted octanol–water partition coefficient (Wildman–Crippen LogP) is 1.44. The number of likely N-dealkylation sites (N-methyl/N-ethyl adjacent to an activating group) is 1. The topological polar surface area (TPSA) is 145 Å². The number of amides is 1. The Hall–Kier alpha value is -3.55. The molecule has 3 N–H and O–H groups in total. The maximum absolute atomic E-state index is 12.0. The van der Waals surface area contributed by atoms with E-state index in [9.17, 15) is 4.79 Å². The van der Waals surface area contributed by atoms with Gasteiger partial charge in [-0.05, 0) is 31.3 Å². The molecular formula is C23H29N9O3S. The maximum Gasteiger partial charge on any atom is 0.243 e. The van der Waals surface area contributed by atoms with Gasteiger partial charge in [0.2, 0.25) is 29.6 Å². The lowest BCUT2D eigenvalue weighted by atomic mass is 10.2. The van der Waals surface area contributed by atoms with Crippen LogP contribution in [0.5, 0.6) is 11.8 Å². The third-order valence-electron chi connectivity index (χ3n) is 5.38. The van der Waals surface area contributed by atoms with Gasteiger partial charge in [-0.15, -0.1) is 0 Å². The Bertz CT molecular complexity index is 1170. The Morgan fingerprint density at radius 2 is 1.83 bits per heavy atom. The van der Waals surface area contributed by atoms with Crippen molar-refractivity contribution in [2.45, 2.75) is 29.6 Å². The molecule has 2 aromatic heterocycles. The van der Waals surface area contributed by atoms with Crippen LogP contribution in [0, 0.1) is 0 Å². The molecule has 1 unspecified atom stereocenters. The Morgan fingerprint density at radius 1 is 1.11 bits per heavy atom. The molecule has 1 aliphatic heterocycles. The predicted molar refractivity (Wildman–Crippen MR) is 135 cm³/mol. The summed E-state index contributed by atoms with van der Waals surface area (Å²) >= 11 is 1.16. The van der Waals surface area contributed by atoms with E-state index in [1.807, 2.05) is 30.3 Å². The number of carbonyl (C=O) groups is 1. The molecule has 1 aliphatic rings. The van der Waals surface area contributed by atoms with Gasteiger partial charge in [-0.25, -0.2) is 9.97 Å². The van der Waals surface area contributed by atoms with Crippen molar-refractivity contribution in [2.24, 2.45) is 5.73 Å². The second kappa shape index (κ2) is 11.9. The van der Waals surface area contributed by atoms with E-state index in [1.54, 1.807) is 14.0 Å². The minimum absolute atomic E-state index is 0.0931. The van der Waals surface area contributed by atoms with Crippen molar-refractivity contribution >= 4 is 29.6 Å². The van der Waals surface area contributed by atoms with Crippen LogP contribution in [0.15, 0.2) is 46.7 Å². The summed E-state index contributed by atoms with van der Waals surface area (Å²) in [6, 6.07) is 9.11. The first-order valence-corrected chi connectivity index (χ1v) is 12.2. The smallest absolute Gasteiger partial charge is 0.243 e. The summed E-state index contributed by atoms with van der Waals surface area (Å²) in [4.78, 5) is 38.8. The highest BCUT2D eigenvalue weighted by atomic mass is 32.2. The van der Waals surface area contributed by atoms with Gasteiger partial charge in [0.1, 0.15) is 17.8 Å². The molecule has 190 valence electrons. The quantitative estimate of drug-likeness (QED) is 0.429. The summed E-state index contributed by atoms with van der Waals surface area (Å²) in [5.41, 5.74) is 6.62. The maximum atomic E-state index is 12.0. The second-order valence-electron chi connectivity index (χ2n) is 8.20. The van der Waals surface area contributed by atoms with Crippen LogP contribution in [0.25, 0.3) is 0 Å². The molecule has 4 rings (SSSR count). The van der Waals surface area contributed by atoms with Crippen molar-refractivity contribution in [1.29, 1.82) is 0 Å². The Balaban J connectivity index is 1.65. The van der Waals surface area contributed by atoms with Gasteiger partial charge in [0.25, 0.3) is 0 Å². The molecule has 1 aromatic carbocycles. The zero-order valence-electron chi connectivity index (χ0n) is 20.4. The minimum Gasteiger partial charge on any atom is -0.480 e. The van der Waals surface area contributed by atoms with Crippen molar-refractivity contribution < 1.29 is 14.3 Å². The number of hydrogen-bond donors (Lipinski definition) is 2.